The van der Waals surface area contributed by atoms with Crippen molar-refractivity contribution < 1.29 is 8.42 Å². The van der Waals surface area contributed by atoms with Crippen molar-refractivity contribution in [2.75, 3.05) is 38.2 Å². The zero-order valence-electron chi connectivity index (χ0n) is 9.86. The van der Waals surface area contributed by atoms with Gasteiger partial charge in [-0.2, -0.15) is 0 Å². The molecule has 0 aromatic heterocycles. The van der Waals surface area contributed by atoms with E-state index in [1.54, 1.807) is 0 Å². The van der Waals surface area contributed by atoms with E-state index in [4.69, 9.17) is 0 Å². The number of hydrogen-bond donors (Lipinski definition) is 1. The topological polar surface area (TPSA) is 49.4 Å². The molecule has 90 valence electrons. The number of sulfone groups is 1. The molecule has 1 unspecified atom stereocenters. The third-order valence-corrected chi connectivity index (χ3v) is 4.64. The molecule has 0 aromatic carbocycles. The van der Waals surface area contributed by atoms with Gasteiger partial charge >= 0.3 is 0 Å². The van der Waals surface area contributed by atoms with Gasteiger partial charge in [-0.15, -0.1) is 0 Å². The third-order valence-electron chi connectivity index (χ3n) is 3.03. The van der Waals surface area contributed by atoms with Crippen molar-refractivity contribution in [1.29, 1.82) is 0 Å². The van der Waals surface area contributed by atoms with E-state index in [1.165, 1.54) is 0 Å². The van der Waals surface area contributed by atoms with Crippen LogP contribution in [0.4, 0.5) is 0 Å². The molecule has 0 bridgehead atoms. The second-order valence-electron chi connectivity index (χ2n) is 4.56. The molecular weight excluding hydrogens is 212 g/mol. The van der Waals surface area contributed by atoms with Gasteiger partial charge in [0.25, 0.3) is 0 Å². The van der Waals surface area contributed by atoms with Crippen LogP contribution in [0.1, 0.15) is 13.8 Å². The first-order valence-corrected chi connectivity index (χ1v) is 7.37. The normalized spacial score (nSPS) is 24.3. The molecule has 0 aromatic rings. The monoisotopic (exact) mass is 234 g/mol. The molecule has 0 radical (unpaired) electrons. The zero-order chi connectivity index (χ0) is 11.5. The maximum Gasteiger partial charge on any atom is 0.152 e. The van der Waals surface area contributed by atoms with Gasteiger partial charge in [-0.25, -0.2) is 8.42 Å². The fourth-order valence-corrected chi connectivity index (χ4v) is 3.28. The second-order valence-corrected chi connectivity index (χ2v) is 6.86. The van der Waals surface area contributed by atoms with Crippen molar-refractivity contribution in [3.05, 3.63) is 0 Å². The Bertz CT molecular complexity index is 274. The predicted molar refractivity (Wildman–Crippen MR) is 62.8 cm³/mol. The summed E-state index contributed by atoms with van der Waals surface area (Å²) in [7, 11) is -0.811. The van der Waals surface area contributed by atoms with Gasteiger partial charge < -0.3 is 5.32 Å². The molecule has 0 amide bonds. The van der Waals surface area contributed by atoms with Crippen LogP contribution in [0.15, 0.2) is 0 Å². The van der Waals surface area contributed by atoms with Gasteiger partial charge in [-0.1, -0.05) is 13.8 Å². The Morgan fingerprint density at radius 3 is 2.20 bits per heavy atom. The van der Waals surface area contributed by atoms with Crippen molar-refractivity contribution in [1.82, 2.24) is 10.2 Å². The highest BCUT2D eigenvalue weighted by molar-refractivity contribution is 7.91. The lowest BCUT2D eigenvalue weighted by Crippen LogP contribution is -2.51. The Kier molecular flexibility index (Phi) is 4.55. The molecule has 15 heavy (non-hydrogen) atoms. The molecular formula is C10H22N2O2S. The highest BCUT2D eigenvalue weighted by Crippen LogP contribution is 2.14. The van der Waals surface area contributed by atoms with Gasteiger partial charge in [0.1, 0.15) is 0 Å². The van der Waals surface area contributed by atoms with Crippen LogP contribution in [-0.2, 0) is 9.84 Å². The molecule has 1 fully saturated rings. The number of nitrogens with zero attached hydrogens (tertiary/aromatic N) is 1. The Morgan fingerprint density at radius 1 is 1.27 bits per heavy atom. The standard InChI is InChI=1S/C10H22N2O2S/c1-9(2)10(8-11-3)12-4-6-15(13,14)7-5-12/h9-11H,4-8H2,1-3H3. The lowest BCUT2D eigenvalue weighted by atomic mass is 10.0. The summed E-state index contributed by atoms with van der Waals surface area (Å²) in [5.41, 5.74) is 0. The van der Waals surface area contributed by atoms with Gasteiger partial charge in [0.2, 0.25) is 0 Å². The van der Waals surface area contributed by atoms with Gasteiger partial charge in [-0.05, 0) is 13.0 Å². The smallest absolute Gasteiger partial charge is 0.152 e. The predicted octanol–water partition coefficient (Wildman–Crippen LogP) is -0.0392. The number of nitrogens with one attached hydrogen (secondary N) is 1. The zero-order valence-corrected chi connectivity index (χ0v) is 10.7. The van der Waals surface area contributed by atoms with Crippen LogP contribution in [-0.4, -0.2) is 57.5 Å². The quantitative estimate of drug-likeness (QED) is 0.741. The summed E-state index contributed by atoms with van der Waals surface area (Å²) in [6.45, 7) is 6.67. The van der Waals surface area contributed by atoms with E-state index in [2.05, 4.69) is 24.1 Å². The van der Waals surface area contributed by atoms with E-state index < -0.39 is 9.84 Å². The van der Waals surface area contributed by atoms with Gasteiger partial charge in [0.15, 0.2) is 9.84 Å². The number of likely N-dealkylation sites (N-methyl/N-ethyl adjacent to an activating group) is 1. The average Bonchev–Trinajstić information content (AvgIpc) is 2.14. The first kappa shape index (κ1) is 12.9. The molecule has 1 saturated heterocycles. The summed E-state index contributed by atoms with van der Waals surface area (Å²) in [5, 5.41) is 3.18. The SMILES string of the molecule is CNCC(C(C)C)N1CCS(=O)(=O)CC1. The van der Waals surface area contributed by atoms with Crippen molar-refractivity contribution >= 4 is 9.84 Å². The Hall–Kier alpha value is -0.130. The van der Waals surface area contributed by atoms with Crippen LogP contribution in [0.25, 0.3) is 0 Å². The molecule has 0 aliphatic carbocycles. The fraction of sp³-hybridized carbons (Fsp3) is 1.00. The number of hydrogen-bond acceptors (Lipinski definition) is 4. The maximum atomic E-state index is 11.3. The number of rotatable bonds is 4. The van der Waals surface area contributed by atoms with Crippen LogP contribution >= 0.6 is 0 Å². The molecule has 0 spiro atoms. The third kappa shape index (κ3) is 3.74. The van der Waals surface area contributed by atoms with Crippen molar-refractivity contribution in [2.24, 2.45) is 5.92 Å². The minimum Gasteiger partial charge on any atom is -0.318 e. The molecule has 1 N–H and O–H groups in total. The summed E-state index contributed by atoms with van der Waals surface area (Å²) in [6, 6.07) is 0.450. The van der Waals surface area contributed by atoms with E-state index in [9.17, 15) is 8.42 Å². The van der Waals surface area contributed by atoms with E-state index in [0.29, 0.717) is 36.6 Å². The van der Waals surface area contributed by atoms with Crippen LogP contribution in [0, 0.1) is 5.92 Å². The van der Waals surface area contributed by atoms with E-state index in [-0.39, 0.29) is 0 Å². The molecule has 4 nitrogen and oxygen atoms in total. The van der Waals surface area contributed by atoms with Crippen molar-refractivity contribution in [3.63, 3.8) is 0 Å². The Balaban J connectivity index is 2.56. The Morgan fingerprint density at radius 2 is 1.80 bits per heavy atom. The Labute approximate surface area is 93.0 Å². The first-order valence-electron chi connectivity index (χ1n) is 5.55. The molecule has 1 atom stereocenters. The summed E-state index contributed by atoms with van der Waals surface area (Å²) in [5.74, 6) is 1.19. The largest absolute Gasteiger partial charge is 0.318 e. The van der Waals surface area contributed by atoms with E-state index in [1.807, 2.05) is 7.05 Å². The minimum absolute atomic E-state index is 0.319. The average molecular weight is 234 g/mol. The molecule has 5 heteroatoms. The van der Waals surface area contributed by atoms with Crippen molar-refractivity contribution in [2.45, 2.75) is 19.9 Å². The summed E-state index contributed by atoms with van der Waals surface area (Å²) in [6.07, 6.45) is 0. The van der Waals surface area contributed by atoms with Crippen LogP contribution in [0.2, 0.25) is 0 Å². The second kappa shape index (κ2) is 5.27. The minimum atomic E-state index is -2.75. The molecule has 0 saturated carbocycles. The van der Waals surface area contributed by atoms with Crippen LogP contribution in [0.3, 0.4) is 0 Å². The van der Waals surface area contributed by atoms with Crippen LogP contribution in [0.5, 0.6) is 0 Å². The van der Waals surface area contributed by atoms with E-state index >= 15 is 0 Å². The molecule has 1 aliphatic rings. The lowest BCUT2D eigenvalue weighted by Gasteiger charge is -2.36. The summed E-state index contributed by atoms with van der Waals surface area (Å²) in [4.78, 5) is 2.29. The van der Waals surface area contributed by atoms with Crippen LogP contribution < -0.4 is 5.32 Å². The fourth-order valence-electron chi connectivity index (χ4n) is 2.05. The van der Waals surface area contributed by atoms with E-state index in [0.717, 1.165) is 6.54 Å². The summed E-state index contributed by atoms with van der Waals surface area (Å²) < 4.78 is 22.6. The van der Waals surface area contributed by atoms with Crippen molar-refractivity contribution in [3.8, 4) is 0 Å². The van der Waals surface area contributed by atoms with Gasteiger partial charge in [0.05, 0.1) is 11.5 Å². The molecule has 1 rings (SSSR count). The molecule has 1 aliphatic heterocycles. The summed E-state index contributed by atoms with van der Waals surface area (Å²) >= 11 is 0. The maximum absolute atomic E-state index is 11.3. The van der Waals surface area contributed by atoms with Gasteiger partial charge in [-0.3, -0.25) is 4.90 Å². The van der Waals surface area contributed by atoms with Gasteiger partial charge in [0, 0.05) is 25.7 Å². The highest BCUT2D eigenvalue weighted by Gasteiger charge is 2.28. The first-order chi connectivity index (χ1) is 6.96. The lowest BCUT2D eigenvalue weighted by molar-refractivity contribution is 0.166. The molecule has 1 heterocycles. The highest BCUT2D eigenvalue weighted by atomic mass is 32.2.